The fourth-order valence-electron chi connectivity index (χ4n) is 1.98. The molecule has 0 aromatic carbocycles. The van der Waals surface area contributed by atoms with Crippen LogP contribution in [0.3, 0.4) is 0 Å². The van der Waals surface area contributed by atoms with Crippen LogP contribution in [0.25, 0.3) is 0 Å². The molecule has 0 aliphatic carbocycles. The lowest BCUT2D eigenvalue weighted by atomic mass is 10.2. The number of nitrogens with one attached hydrogen (secondary N) is 1. The van der Waals surface area contributed by atoms with Crippen LogP contribution in [0.15, 0.2) is 24.5 Å². The van der Waals surface area contributed by atoms with E-state index in [9.17, 15) is 25.0 Å². The summed E-state index contributed by atoms with van der Waals surface area (Å²) in [5.41, 5.74) is 5.54. The Morgan fingerprint density at radius 1 is 1.03 bits per heavy atom. The van der Waals surface area contributed by atoms with E-state index in [2.05, 4.69) is 15.3 Å². The Balaban J connectivity index is 0.000000326. The number of nitro groups is 2. The van der Waals surface area contributed by atoms with Crippen LogP contribution in [-0.4, -0.2) is 31.5 Å². The molecule has 0 aliphatic rings. The lowest BCUT2D eigenvalue weighted by Crippen LogP contribution is -2.27. The second-order valence-electron chi connectivity index (χ2n) is 6.89. The van der Waals surface area contributed by atoms with Crippen LogP contribution in [-0.2, 0) is 4.74 Å². The first-order valence-electron chi connectivity index (χ1n) is 8.27. The maximum Gasteiger partial charge on any atom is 0.413 e. The number of nitrogen functional groups attached to an aromatic ring is 1. The van der Waals surface area contributed by atoms with Crippen LogP contribution in [0.1, 0.15) is 31.9 Å². The van der Waals surface area contributed by atoms with E-state index in [0.717, 1.165) is 12.4 Å². The molecule has 2 aromatic rings. The van der Waals surface area contributed by atoms with E-state index >= 15 is 0 Å². The molecular formula is C17H22N6O6. The number of aryl methyl sites for hydroxylation is 2. The van der Waals surface area contributed by atoms with Gasteiger partial charge in [0.2, 0.25) is 0 Å². The summed E-state index contributed by atoms with van der Waals surface area (Å²) in [6.07, 6.45) is 1.61. The summed E-state index contributed by atoms with van der Waals surface area (Å²) < 4.78 is 5.04. The van der Waals surface area contributed by atoms with Crippen LogP contribution in [0.2, 0.25) is 0 Å². The summed E-state index contributed by atoms with van der Waals surface area (Å²) >= 11 is 0. The number of pyridine rings is 2. The normalized spacial score (nSPS) is 10.4. The van der Waals surface area contributed by atoms with Gasteiger partial charge >= 0.3 is 6.09 Å². The predicted octanol–water partition coefficient (Wildman–Crippen LogP) is 3.53. The van der Waals surface area contributed by atoms with Crippen molar-refractivity contribution in [2.45, 2.75) is 40.2 Å². The van der Waals surface area contributed by atoms with Crippen LogP contribution >= 0.6 is 0 Å². The average molecular weight is 406 g/mol. The van der Waals surface area contributed by atoms with Crippen LogP contribution in [0.5, 0.6) is 0 Å². The van der Waals surface area contributed by atoms with Crippen LogP contribution in [0.4, 0.5) is 27.8 Å². The molecule has 3 N–H and O–H groups in total. The van der Waals surface area contributed by atoms with E-state index < -0.39 is 21.5 Å². The molecule has 0 atom stereocenters. The number of carbonyl (C=O) groups is 1. The van der Waals surface area contributed by atoms with Gasteiger partial charge in [-0.05, 0) is 46.8 Å². The van der Waals surface area contributed by atoms with Crippen molar-refractivity contribution < 1.29 is 19.4 Å². The molecule has 0 saturated heterocycles. The number of carbonyl (C=O) groups excluding carboxylic acids is 1. The fourth-order valence-corrected chi connectivity index (χ4v) is 1.98. The molecule has 12 heteroatoms. The lowest BCUT2D eigenvalue weighted by molar-refractivity contribution is -0.385. The largest absolute Gasteiger partial charge is 0.444 e. The van der Waals surface area contributed by atoms with Crippen molar-refractivity contribution in [1.29, 1.82) is 0 Å². The monoisotopic (exact) mass is 406 g/mol. The van der Waals surface area contributed by atoms with Gasteiger partial charge in [-0.25, -0.2) is 14.8 Å². The molecule has 2 rings (SSSR count). The predicted molar refractivity (Wildman–Crippen MR) is 106 cm³/mol. The smallest absolute Gasteiger partial charge is 0.413 e. The summed E-state index contributed by atoms with van der Waals surface area (Å²) in [5.74, 6) is 0.514. The van der Waals surface area contributed by atoms with E-state index in [1.165, 1.54) is 12.1 Å². The molecule has 1 amide bonds. The SMILES string of the molecule is Cc1cc(N)ncc1[N+](=O)[O-].Cc1cc(NC(=O)OC(C)(C)C)ncc1[N+](=O)[O-]. The maximum atomic E-state index is 11.5. The van der Waals surface area contributed by atoms with Crippen molar-refractivity contribution in [3.05, 3.63) is 55.9 Å². The molecule has 0 radical (unpaired) electrons. The highest BCUT2D eigenvalue weighted by Gasteiger charge is 2.18. The van der Waals surface area contributed by atoms with E-state index in [4.69, 9.17) is 10.5 Å². The van der Waals surface area contributed by atoms with Crippen LogP contribution in [0, 0.1) is 34.1 Å². The topological polar surface area (TPSA) is 176 Å². The number of amides is 1. The van der Waals surface area contributed by atoms with E-state index in [0.29, 0.717) is 16.9 Å². The van der Waals surface area contributed by atoms with Gasteiger partial charge in [0, 0.05) is 11.1 Å². The Morgan fingerprint density at radius 3 is 1.93 bits per heavy atom. The first kappa shape index (κ1) is 23.2. The Morgan fingerprint density at radius 2 is 1.52 bits per heavy atom. The van der Waals surface area contributed by atoms with Gasteiger partial charge in [-0.15, -0.1) is 0 Å². The zero-order valence-corrected chi connectivity index (χ0v) is 16.6. The molecule has 156 valence electrons. The molecule has 0 fully saturated rings. The first-order valence-corrected chi connectivity index (χ1v) is 8.27. The zero-order chi connectivity index (χ0) is 22.4. The Kier molecular flexibility index (Phi) is 7.52. The molecule has 12 nitrogen and oxygen atoms in total. The minimum atomic E-state index is -0.650. The molecule has 2 aromatic heterocycles. The summed E-state index contributed by atoms with van der Waals surface area (Å²) in [6.45, 7) is 8.40. The van der Waals surface area contributed by atoms with Gasteiger partial charge in [-0.1, -0.05) is 0 Å². The number of nitrogens with two attached hydrogens (primary N) is 1. The second-order valence-corrected chi connectivity index (χ2v) is 6.89. The standard InChI is InChI=1S/C11H15N3O4.C6H7N3O2/c1-7-5-9(12-6-8(7)14(16)17)13-10(15)18-11(2,3)4;1-4-2-6(7)8-3-5(4)9(10)11/h5-6H,1-4H3,(H,12,13,15);2-3H,1H3,(H2,7,8). The van der Waals surface area contributed by atoms with Crippen molar-refractivity contribution in [1.82, 2.24) is 9.97 Å². The van der Waals surface area contributed by atoms with Gasteiger partial charge in [0.1, 0.15) is 29.6 Å². The average Bonchev–Trinajstić information content (AvgIpc) is 2.52. The van der Waals surface area contributed by atoms with E-state index in [-0.39, 0.29) is 17.2 Å². The number of hydrogen-bond acceptors (Lipinski definition) is 9. The number of aromatic nitrogens is 2. The summed E-state index contributed by atoms with van der Waals surface area (Å²) in [6, 6.07) is 2.89. The van der Waals surface area contributed by atoms with Crippen molar-refractivity contribution in [3.63, 3.8) is 0 Å². The quantitative estimate of drug-likeness (QED) is 0.570. The third kappa shape index (κ3) is 7.74. The molecule has 0 aliphatic heterocycles. The van der Waals surface area contributed by atoms with Gasteiger partial charge in [0.25, 0.3) is 11.4 Å². The molecule has 2 heterocycles. The Labute approximate surface area is 166 Å². The van der Waals surface area contributed by atoms with Crippen molar-refractivity contribution >= 4 is 29.1 Å². The minimum absolute atomic E-state index is 0.000741. The van der Waals surface area contributed by atoms with Crippen molar-refractivity contribution in [2.75, 3.05) is 11.1 Å². The molecule has 0 unspecified atom stereocenters. The molecule has 29 heavy (non-hydrogen) atoms. The summed E-state index contributed by atoms with van der Waals surface area (Å²) in [7, 11) is 0. The highest BCUT2D eigenvalue weighted by Crippen LogP contribution is 2.19. The Bertz CT molecular complexity index is 925. The third-order valence-electron chi connectivity index (χ3n) is 3.21. The van der Waals surface area contributed by atoms with Gasteiger partial charge in [-0.3, -0.25) is 25.5 Å². The van der Waals surface area contributed by atoms with Gasteiger partial charge in [0.05, 0.1) is 9.85 Å². The number of anilines is 2. The molecular weight excluding hydrogens is 384 g/mol. The third-order valence-corrected chi connectivity index (χ3v) is 3.21. The highest BCUT2D eigenvalue weighted by molar-refractivity contribution is 5.83. The number of nitrogens with zero attached hydrogens (tertiary/aromatic N) is 4. The van der Waals surface area contributed by atoms with Crippen molar-refractivity contribution in [2.24, 2.45) is 0 Å². The first-order chi connectivity index (χ1) is 13.3. The zero-order valence-electron chi connectivity index (χ0n) is 16.6. The minimum Gasteiger partial charge on any atom is -0.444 e. The van der Waals surface area contributed by atoms with E-state index in [1.54, 1.807) is 34.6 Å². The highest BCUT2D eigenvalue weighted by atomic mass is 16.6. The van der Waals surface area contributed by atoms with Crippen molar-refractivity contribution in [3.8, 4) is 0 Å². The molecule has 0 spiro atoms. The van der Waals surface area contributed by atoms with Gasteiger partial charge in [0.15, 0.2) is 0 Å². The maximum absolute atomic E-state index is 11.5. The van der Waals surface area contributed by atoms with Gasteiger partial charge < -0.3 is 10.5 Å². The number of hydrogen-bond donors (Lipinski definition) is 2. The summed E-state index contributed by atoms with van der Waals surface area (Å²) in [5, 5.41) is 23.3. The van der Waals surface area contributed by atoms with Crippen LogP contribution < -0.4 is 11.1 Å². The number of ether oxygens (including phenoxy) is 1. The van der Waals surface area contributed by atoms with E-state index in [1.807, 2.05) is 0 Å². The molecule has 0 saturated carbocycles. The Hall–Kier alpha value is -3.83. The molecule has 0 bridgehead atoms. The summed E-state index contributed by atoms with van der Waals surface area (Å²) in [4.78, 5) is 38.7. The second kappa shape index (κ2) is 9.39. The lowest BCUT2D eigenvalue weighted by Gasteiger charge is -2.19. The fraction of sp³-hybridized carbons (Fsp3) is 0.353. The van der Waals surface area contributed by atoms with Gasteiger partial charge in [-0.2, -0.15) is 0 Å². The number of rotatable bonds is 3.